The van der Waals surface area contributed by atoms with Crippen LogP contribution in [0.15, 0.2) is 5.16 Å². The molecule has 1 heterocycles. The minimum atomic E-state index is -0.0328. The molecule has 1 N–H and O–H groups in total. The van der Waals surface area contributed by atoms with Gasteiger partial charge in [-0.2, -0.15) is 0 Å². The van der Waals surface area contributed by atoms with Crippen molar-refractivity contribution in [3.8, 4) is 0 Å². The third-order valence-corrected chi connectivity index (χ3v) is 3.09. The monoisotopic (exact) mass is 196 g/mol. The third kappa shape index (κ3) is 1.89. The van der Waals surface area contributed by atoms with Crippen molar-refractivity contribution in [1.82, 2.24) is 5.32 Å². The van der Waals surface area contributed by atoms with Gasteiger partial charge in [-0.25, -0.2) is 0 Å². The van der Waals surface area contributed by atoms with Gasteiger partial charge in [-0.15, -0.1) is 0 Å². The molecule has 2 rings (SSSR count). The molecular formula is C10H16N2O2. The van der Waals surface area contributed by atoms with Gasteiger partial charge in [0, 0.05) is 25.6 Å². The molecule has 1 fully saturated rings. The fourth-order valence-corrected chi connectivity index (χ4v) is 2.26. The Balaban J connectivity index is 1.83. The standard InChI is InChI=1S/C10H16N2O2/c1-8(13)12-9-2-4-10(5-3-9)6-7-11-14-10/h7,9H,2-6H2,1H3,(H,12,13). The highest BCUT2D eigenvalue weighted by Crippen LogP contribution is 2.36. The number of oxime groups is 1. The van der Waals surface area contributed by atoms with E-state index in [2.05, 4.69) is 10.5 Å². The molecule has 1 aliphatic heterocycles. The maximum absolute atomic E-state index is 10.9. The first-order valence-corrected chi connectivity index (χ1v) is 5.17. The largest absolute Gasteiger partial charge is 0.389 e. The number of carbonyl (C=O) groups excluding carboxylic acids is 1. The molecule has 2 aliphatic rings. The van der Waals surface area contributed by atoms with Crippen molar-refractivity contribution in [2.24, 2.45) is 5.16 Å². The molecule has 0 bridgehead atoms. The van der Waals surface area contributed by atoms with Crippen LogP contribution in [0.25, 0.3) is 0 Å². The molecule has 1 spiro atoms. The summed E-state index contributed by atoms with van der Waals surface area (Å²) in [5.41, 5.74) is -0.0328. The summed E-state index contributed by atoms with van der Waals surface area (Å²) in [7, 11) is 0. The Kier molecular flexibility index (Phi) is 2.44. The zero-order chi connectivity index (χ0) is 10.0. The van der Waals surface area contributed by atoms with Crippen LogP contribution in [0.3, 0.4) is 0 Å². The molecule has 0 saturated heterocycles. The Labute approximate surface area is 83.7 Å². The summed E-state index contributed by atoms with van der Waals surface area (Å²) < 4.78 is 0. The quantitative estimate of drug-likeness (QED) is 0.685. The Hall–Kier alpha value is -1.06. The number of hydrogen-bond acceptors (Lipinski definition) is 3. The van der Waals surface area contributed by atoms with E-state index in [0.29, 0.717) is 6.04 Å². The summed E-state index contributed by atoms with van der Waals surface area (Å²) in [5.74, 6) is 0.0644. The second-order valence-corrected chi connectivity index (χ2v) is 4.24. The second-order valence-electron chi connectivity index (χ2n) is 4.24. The van der Waals surface area contributed by atoms with Gasteiger partial charge in [0.05, 0.1) is 0 Å². The second kappa shape index (κ2) is 3.59. The van der Waals surface area contributed by atoms with Gasteiger partial charge in [-0.1, -0.05) is 5.16 Å². The molecule has 1 saturated carbocycles. The van der Waals surface area contributed by atoms with Gasteiger partial charge in [0.1, 0.15) is 5.60 Å². The number of amides is 1. The van der Waals surface area contributed by atoms with Crippen LogP contribution in [-0.2, 0) is 9.63 Å². The zero-order valence-corrected chi connectivity index (χ0v) is 8.45. The molecule has 0 radical (unpaired) electrons. The molecule has 4 nitrogen and oxygen atoms in total. The average Bonchev–Trinajstić information content (AvgIpc) is 2.58. The van der Waals surface area contributed by atoms with Crippen molar-refractivity contribution >= 4 is 12.1 Å². The summed E-state index contributed by atoms with van der Waals surface area (Å²) in [6.07, 6.45) is 6.78. The molecule has 1 aliphatic carbocycles. The normalized spacial score (nSPS) is 35.6. The van der Waals surface area contributed by atoms with Crippen LogP contribution in [0.1, 0.15) is 39.0 Å². The van der Waals surface area contributed by atoms with Crippen LogP contribution in [0, 0.1) is 0 Å². The van der Waals surface area contributed by atoms with E-state index in [-0.39, 0.29) is 11.5 Å². The molecule has 0 unspecified atom stereocenters. The molecule has 0 atom stereocenters. The van der Waals surface area contributed by atoms with Gasteiger partial charge >= 0.3 is 0 Å². The fourth-order valence-electron chi connectivity index (χ4n) is 2.26. The van der Waals surface area contributed by atoms with E-state index in [1.807, 2.05) is 6.21 Å². The van der Waals surface area contributed by atoms with Crippen molar-refractivity contribution in [1.29, 1.82) is 0 Å². The summed E-state index contributed by atoms with van der Waals surface area (Å²) in [5, 5.41) is 6.79. The van der Waals surface area contributed by atoms with E-state index in [9.17, 15) is 4.79 Å². The molecular weight excluding hydrogens is 180 g/mol. The highest BCUT2D eigenvalue weighted by atomic mass is 16.7. The first kappa shape index (κ1) is 9.49. The summed E-state index contributed by atoms with van der Waals surface area (Å²) >= 11 is 0. The van der Waals surface area contributed by atoms with Gasteiger partial charge in [-0.05, 0) is 25.7 Å². The van der Waals surface area contributed by atoms with E-state index in [1.54, 1.807) is 6.92 Å². The SMILES string of the molecule is CC(=O)NC1CCC2(CC=NO2)CC1. The van der Waals surface area contributed by atoms with Gasteiger partial charge in [-0.3, -0.25) is 4.79 Å². The molecule has 0 aromatic rings. The Morgan fingerprint density at radius 1 is 1.57 bits per heavy atom. The Morgan fingerprint density at radius 2 is 2.29 bits per heavy atom. The van der Waals surface area contributed by atoms with Crippen LogP contribution in [0.5, 0.6) is 0 Å². The number of rotatable bonds is 1. The predicted octanol–water partition coefficient (Wildman–Crippen LogP) is 1.21. The lowest BCUT2D eigenvalue weighted by Crippen LogP contribution is -2.42. The number of nitrogens with zero attached hydrogens (tertiary/aromatic N) is 1. The van der Waals surface area contributed by atoms with E-state index in [0.717, 1.165) is 32.1 Å². The molecule has 78 valence electrons. The van der Waals surface area contributed by atoms with E-state index in [1.165, 1.54) is 0 Å². The van der Waals surface area contributed by atoms with Crippen LogP contribution >= 0.6 is 0 Å². The van der Waals surface area contributed by atoms with Crippen LogP contribution in [0.2, 0.25) is 0 Å². The minimum Gasteiger partial charge on any atom is -0.389 e. The average molecular weight is 196 g/mol. The lowest BCUT2D eigenvalue weighted by Gasteiger charge is -2.34. The molecule has 1 amide bonds. The lowest BCUT2D eigenvalue weighted by molar-refractivity contribution is -0.120. The number of nitrogens with one attached hydrogen (secondary N) is 1. The molecule has 0 aromatic carbocycles. The Bertz CT molecular complexity index is 245. The maximum Gasteiger partial charge on any atom is 0.217 e. The van der Waals surface area contributed by atoms with Gasteiger partial charge in [0.25, 0.3) is 0 Å². The topological polar surface area (TPSA) is 50.7 Å². The van der Waals surface area contributed by atoms with Crippen molar-refractivity contribution < 1.29 is 9.63 Å². The number of hydrogen-bond donors (Lipinski definition) is 1. The van der Waals surface area contributed by atoms with Crippen molar-refractivity contribution in [2.45, 2.75) is 50.7 Å². The first-order valence-electron chi connectivity index (χ1n) is 5.17. The fraction of sp³-hybridized carbons (Fsp3) is 0.800. The molecule has 0 aromatic heterocycles. The smallest absolute Gasteiger partial charge is 0.217 e. The van der Waals surface area contributed by atoms with Crippen LogP contribution in [-0.4, -0.2) is 23.8 Å². The van der Waals surface area contributed by atoms with Crippen molar-refractivity contribution in [2.75, 3.05) is 0 Å². The van der Waals surface area contributed by atoms with Gasteiger partial charge in [0.15, 0.2) is 0 Å². The summed E-state index contributed by atoms with van der Waals surface area (Å²) in [4.78, 5) is 16.2. The van der Waals surface area contributed by atoms with Gasteiger partial charge in [0.2, 0.25) is 5.91 Å². The zero-order valence-electron chi connectivity index (χ0n) is 8.45. The Morgan fingerprint density at radius 3 is 2.79 bits per heavy atom. The molecule has 14 heavy (non-hydrogen) atoms. The summed E-state index contributed by atoms with van der Waals surface area (Å²) in [6, 6.07) is 0.335. The van der Waals surface area contributed by atoms with Crippen LogP contribution in [0.4, 0.5) is 0 Å². The van der Waals surface area contributed by atoms with Crippen molar-refractivity contribution in [3.05, 3.63) is 0 Å². The van der Waals surface area contributed by atoms with Crippen molar-refractivity contribution in [3.63, 3.8) is 0 Å². The number of carbonyl (C=O) groups is 1. The van der Waals surface area contributed by atoms with Crippen LogP contribution < -0.4 is 5.32 Å². The highest BCUT2D eigenvalue weighted by molar-refractivity contribution is 5.73. The first-order chi connectivity index (χ1) is 6.70. The van der Waals surface area contributed by atoms with E-state index in [4.69, 9.17) is 4.84 Å². The lowest BCUT2D eigenvalue weighted by atomic mass is 9.80. The highest BCUT2D eigenvalue weighted by Gasteiger charge is 2.39. The van der Waals surface area contributed by atoms with E-state index < -0.39 is 0 Å². The maximum atomic E-state index is 10.9. The molecule has 4 heteroatoms. The van der Waals surface area contributed by atoms with Gasteiger partial charge < -0.3 is 10.2 Å². The minimum absolute atomic E-state index is 0.0328. The van der Waals surface area contributed by atoms with E-state index >= 15 is 0 Å². The third-order valence-electron chi connectivity index (χ3n) is 3.09. The predicted molar refractivity (Wildman–Crippen MR) is 53.0 cm³/mol. The summed E-state index contributed by atoms with van der Waals surface area (Å²) in [6.45, 7) is 1.57.